The molecule has 2 aromatic heterocycles. The van der Waals surface area contributed by atoms with Gasteiger partial charge in [0.15, 0.2) is 11.6 Å². The molecule has 1 unspecified atom stereocenters. The maximum Gasteiger partial charge on any atom is 0.509 e. The lowest BCUT2D eigenvalue weighted by molar-refractivity contribution is -0.111. The van der Waals surface area contributed by atoms with Gasteiger partial charge in [0.1, 0.15) is 0 Å². The average molecular weight is 469 g/mol. The third-order valence-electron chi connectivity index (χ3n) is 5.99. The summed E-state index contributed by atoms with van der Waals surface area (Å²) in [7, 11) is -0.350. The summed E-state index contributed by atoms with van der Waals surface area (Å²) in [5.74, 6) is 0.115. The third-order valence-corrected chi connectivity index (χ3v) is 5.99. The molecule has 0 aromatic carbocycles. The number of hydrogen-bond acceptors (Lipinski definition) is 10. The smallest absolute Gasteiger partial charge is 0.422 e. The zero-order valence-electron chi connectivity index (χ0n) is 19.1. The highest BCUT2D eigenvalue weighted by Crippen LogP contribution is 2.31. The van der Waals surface area contributed by atoms with Crippen LogP contribution < -0.4 is 26.7 Å². The van der Waals surface area contributed by atoms with E-state index in [0.717, 1.165) is 32.8 Å². The van der Waals surface area contributed by atoms with Crippen molar-refractivity contribution in [3.8, 4) is 0 Å². The number of amides is 1. The van der Waals surface area contributed by atoms with Crippen molar-refractivity contribution in [3.05, 3.63) is 41.5 Å². The second kappa shape index (κ2) is 9.93. The number of hydrogen-bond donors (Lipinski definition) is 4. The van der Waals surface area contributed by atoms with Gasteiger partial charge in [0.2, 0.25) is 5.91 Å². The molecule has 1 amide bonds. The molecule has 2 aliphatic heterocycles. The molecule has 2 aliphatic rings. The Kier molecular flexibility index (Phi) is 6.98. The Morgan fingerprint density at radius 2 is 2.12 bits per heavy atom. The molecule has 0 radical (unpaired) electrons. The number of nitrogens with one attached hydrogen (secondary N) is 2. The summed E-state index contributed by atoms with van der Waals surface area (Å²) in [6, 6.07) is 2.26. The summed E-state index contributed by atoms with van der Waals surface area (Å²) in [4.78, 5) is 37.7. The van der Waals surface area contributed by atoms with Gasteiger partial charge in [0, 0.05) is 38.9 Å². The number of ether oxygens (including phenoxy) is 1. The number of nitrogens with zero attached hydrogens (tertiary/aromatic N) is 5. The van der Waals surface area contributed by atoms with E-state index in [0.29, 0.717) is 23.2 Å². The van der Waals surface area contributed by atoms with Gasteiger partial charge in [-0.25, -0.2) is 9.97 Å². The number of aromatic nitrogens is 3. The Labute approximate surface area is 197 Å². The van der Waals surface area contributed by atoms with Crippen LogP contribution in [0.3, 0.4) is 0 Å². The van der Waals surface area contributed by atoms with Crippen LogP contribution in [0.5, 0.6) is 0 Å². The van der Waals surface area contributed by atoms with Crippen molar-refractivity contribution in [2.75, 3.05) is 48.4 Å². The molecule has 2 saturated heterocycles. The predicted molar refractivity (Wildman–Crippen MR) is 129 cm³/mol. The van der Waals surface area contributed by atoms with Crippen molar-refractivity contribution < 1.29 is 19.6 Å². The van der Waals surface area contributed by atoms with Gasteiger partial charge in [-0.2, -0.15) is 0 Å². The number of carbonyl (C=O) groups excluding carboxylic acids is 1. The molecule has 4 rings (SSSR count). The maximum atomic E-state index is 12.5. The molecule has 0 spiro atoms. The van der Waals surface area contributed by atoms with E-state index in [1.165, 1.54) is 23.9 Å². The van der Waals surface area contributed by atoms with Crippen LogP contribution in [0, 0.1) is 0 Å². The topological polar surface area (TPSA) is 145 Å². The van der Waals surface area contributed by atoms with Gasteiger partial charge in [0.05, 0.1) is 42.4 Å². The van der Waals surface area contributed by atoms with Gasteiger partial charge in [0.25, 0.3) is 5.56 Å². The fourth-order valence-corrected chi connectivity index (χ4v) is 4.07. The van der Waals surface area contributed by atoms with Crippen LogP contribution in [0.4, 0.5) is 23.0 Å². The van der Waals surface area contributed by atoms with Gasteiger partial charge >= 0.3 is 7.12 Å². The molecule has 2 fully saturated rings. The van der Waals surface area contributed by atoms with Crippen LogP contribution in [-0.4, -0.2) is 87.4 Å². The van der Waals surface area contributed by atoms with Crippen molar-refractivity contribution in [2.45, 2.75) is 19.0 Å². The Morgan fingerprint density at radius 1 is 1.35 bits per heavy atom. The quantitative estimate of drug-likeness (QED) is 0.283. The van der Waals surface area contributed by atoms with E-state index in [1.807, 2.05) is 0 Å². The molecular formula is C21H28BN7O5. The van der Waals surface area contributed by atoms with Gasteiger partial charge < -0.3 is 34.9 Å². The highest BCUT2D eigenvalue weighted by Gasteiger charge is 2.33. The summed E-state index contributed by atoms with van der Waals surface area (Å²) in [6.45, 7) is 9.57. The van der Waals surface area contributed by atoms with E-state index in [4.69, 9.17) is 4.74 Å². The van der Waals surface area contributed by atoms with Crippen LogP contribution >= 0.6 is 0 Å². The molecule has 1 atom stereocenters. The zero-order valence-corrected chi connectivity index (χ0v) is 19.1. The number of rotatable bonds is 7. The SMILES string of the molecule is C=CC(=O)Nc1cc(Nc2nc(B(O)O)cn(C)c2=O)cnc1N1CCN(C2COC2)CC1C. The van der Waals surface area contributed by atoms with E-state index in [-0.39, 0.29) is 17.5 Å². The summed E-state index contributed by atoms with van der Waals surface area (Å²) in [5, 5.41) is 24.6. The highest BCUT2D eigenvalue weighted by atomic mass is 16.5. The number of piperazine rings is 1. The first-order chi connectivity index (χ1) is 16.3. The molecule has 4 N–H and O–H groups in total. The normalized spacial score (nSPS) is 18.8. The van der Waals surface area contributed by atoms with E-state index in [2.05, 4.69) is 43.9 Å². The van der Waals surface area contributed by atoms with Gasteiger partial charge in [-0.15, -0.1) is 0 Å². The molecule has 4 heterocycles. The summed E-state index contributed by atoms with van der Waals surface area (Å²) >= 11 is 0. The van der Waals surface area contributed by atoms with Crippen molar-refractivity contribution >= 4 is 41.6 Å². The fraction of sp³-hybridized carbons (Fsp3) is 0.429. The first kappa shape index (κ1) is 23.9. The van der Waals surface area contributed by atoms with Gasteiger partial charge in [-0.1, -0.05) is 6.58 Å². The largest absolute Gasteiger partial charge is 0.509 e. The molecule has 0 bridgehead atoms. The maximum absolute atomic E-state index is 12.5. The number of carbonyl (C=O) groups is 1. The predicted octanol–water partition coefficient (Wildman–Crippen LogP) is -1.37. The minimum Gasteiger partial charge on any atom is -0.422 e. The fourth-order valence-electron chi connectivity index (χ4n) is 4.07. The van der Waals surface area contributed by atoms with E-state index in [9.17, 15) is 19.6 Å². The lowest BCUT2D eigenvalue weighted by Gasteiger charge is -2.46. The van der Waals surface area contributed by atoms with Gasteiger partial charge in [-0.3, -0.25) is 14.5 Å². The molecule has 13 heteroatoms. The lowest BCUT2D eigenvalue weighted by atomic mass is 9.87. The molecule has 34 heavy (non-hydrogen) atoms. The number of aryl methyl sites for hydroxylation is 1. The minimum atomic E-state index is -1.83. The molecule has 2 aromatic rings. The Bertz CT molecular complexity index is 1140. The summed E-state index contributed by atoms with van der Waals surface area (Å²) in [5.41, 5.74) is 0.306. The molecule has 180 valence electrons. The first-order valence-electron chi connectivity index (χ1n) is 11.0. The van der Waals surface area contributed by atoms with Crippen molar-refractivity contribution in [1.82, 2.24) is 19.4 Å². The third kappa shape index (κ3) is 4.97. The number of pyridine rings is 1. The van der Waals surface area contributed by atoms with Crippen molar-refractivity contribution in [3.63, 3.8) is 0 Å². The first-order valence-corrected chi connectivity index (χ1v) is 11.0. The molecule has 12 nitrogen and oxygen atoms in total. The van der Waals surface area contributed by atoms with Crippen LogP contribution in [0.1, 0.15) is 6.92 Å². The Hall–Kier alpha value is -3.26. The van der Waals surface area contributed by atoms with Crippen molar-refractivity contribution in [1.29, 1.82) is 0 Å². The van der Waals surface area contributed by atoms with E-state index in [1.54, 1.807) is 12.3 Å². The second-order valence-corrected chi connectivity index (χ2v) is 8.45. The monoisotopic (exact) mass is 469 g/mol. The van der Waals surface area contributed by atoms with E-state index >= 15 is 0 Å². The standard InChI is InChI=1S/C21H28BN7O5/c1-4-18(30)25-16-7-14(24-19-21(31)27(3)10-17(26-19)22(32)33)8-23-20(16)29-6-5-28(9-13(29)2)15-11-34-12-15/h4,7-8,10,13,15,32-33H,1,5-6,9,11-12H2,2-3H3,(H,24,26)(H,25,30). The minimum absolute atomic E-state index is 0.0853. The Morgan fingerprint density at radius 3 is 2.74 bits per heavy atom. The molecule has 0 saturated carbocycles. The molecule has 0 aliphatic carbocycles. The summed E-state index contributed by atoms with van der Waals surface area (Å²) in [6.07, 6.45) is 3.96. The van der Waals surface area contributed by atoms with Crippen molar-refractivity contribution in [2.24, 2.45) is 7.05 Å². The average Bonchev–Trinajstić information content (AvgIpc) is 2.76. The van der Waals surface area contributed by atoms with Gasteiger partial charge in [-0.05, 0) is 19.1 Å². The van der Waals surface area contributed by atoms with Crippen LogP contribution in [0.15, 0.2) is 35.9 Å². The lowest BCUT2D eigenvalue weighted by Crippen LogP contribution is -2.59. The zero-order chi connectivity index (χ0) is 24.4. The van der Waals surface area contributed by atoms with Crippen LogP contribution in [-0.2, 0) is 16.6 Å². The second-order valence-electron chi connectivity index (χ2n) is 8.45. The molecular weight excluding hydrogens is 441 g/mol. The van der Waals surface area contributed by atoms with Crippen LogP contribution in [0.2, 0.25) is 0 Å². The van der Waals surface area contributed by atoms with Crippen LogP contribution in [0.25, 0.3) is 0 Å². The number of anilines is 4. The van der Waals surface area contributed by atoms with E-state index < -0.39 is 18.6 Å². The Balaban J connectivity index is 1.62. The summed E-state index contributed by atoms with van der Waals surface area (Å²) < 4.78 is 6.52. The highest BCUT2D eigenvalue weighted by molar-refractivity contribution is 6.57.